The van der Waals surface area contributed by atoms with Crippen LogP contribution in [0.3, 0.4) is 0 Å². The first-order valence-electron chi connectivity index (χ1n) is 10.8. The summed E-state index contributed by atoms with van der Waals surface area (Å²) in [6.07, 6.45) is 0. The van der Waals surface area contributed by atoms with Crippen molar-refractivity contribution >= 4 is 43.2 Å². The highest BCUT2D eigenvalue weighted by Gasteiger charge is 2.35. The summed E-state index contributed by atoms with van der Waals surface area (Å²) in [6, 6.07) is 31.6. The van der Waals surface area contributed by atoms with Crippen LogP contribution in [-0.2, 0) is 5.41 Å². The molecule has 0 N–H and O–H groups in total. The summed E-state index contributed by atoms with van der Waals surface area (Å²) >= 11 is 1.81. The molecule has 0 amide bonds. The molecule has 31 heavy (non-hydrogen) atoms. The van der Waals surface area contributed by atoms with Gasteiger partial charge >= 0.3 is 0 Å². The van der Waals surface area contributed by atoms with Gasteiger partial charge in [-0.1, -0.05) is 62.4 Å². The number of rotatable bonds is 1. The van der Waals surface area contributed by atoms with Crippen LogP contribution < -0.4 is 0 Å². The van der Waals surface area contributed by atoms with Crippen LogP contribution in [0, 0.1) is 0 Å². The van der Waals surface area contributed by atoms with E-state index in [9.17, 15) is 0 Å². The molecule has 0 fully saturated rings. The maximum atomic E-state index is 2.45. The highest BCUT2D eigenvalue weighted by molar-refractivity contribution is 7.17. The second kappa shape index (κ2) is 5.87. The third-order valence-corrected chi connectivity index (χ3v) is 7.95. The molecule has 2 heterocycles. The number of hydrogen-bond donors (Lipinski definition) is 0. The summed E-state index contributed by atoms with van der Waals surface area (Å²) in [5.41, 5.74) is 9.36. The fourth-order valence-corrected chi connectivity index (χ4v) is 6.34. The van der Waals surface area contributed by atoms with Crippen molar-refractivity contribution in [3.05, 3.63) is 101 Å². The van der Waals surface area contributed by atoms with Crippen molar-refractivity contribution in [3.63, 3.8) is 0 Å². The Morgan fingerprint density at radius 3 is 2.42 bits per heavy atom. The minimum atomic E-state index is 0.00170. The van der Waals surface area contributed by atoms with Crippen LogP contribution in [0.4, 0.5) is 0 Å². The van der Waals surface area contributed by atoms with Crippen molar-refractivity contribution in [1.82, 2.24) is 4.57 Å². The topological polar surface area (TPSA) is 4.93 Å². The van der Waals surface area contributed by atoms with Crippen LogP contribution in [0.5, 0.6) is 0 Å². The van der Waals surface area contributed by atoms with Crippen molar-refractivity contribution in [1.29, 1.82) is 0 Å². The van der Waals surface area contributed by atoms with Gasteiger partial charge < -0.3 is 4.57 Å². The first-order valence-corrected chi connectivity index (χ1v) is 11.7. The van der Waals surface area contributed by atoms with Crippen LogP contribution in [0.1, 0.15) is 25.0 Å². The molecule has 2 aromatic heterocycles. The van der Waals surface area contributed by atoms with Crippen molar-refractivity contribution in [3.8, 4) is 16.8 Å². The number of nitrogens with zero attached hydrogens (tertiary/aromatic N) is 1. The van der Waals surface area contributed by atoms with E-state index in [1.807, 2.05) is 11.3 Å². The Morgan fingerprint density at radius 1 is 0.677 bits per heavy atom. The highest BCUT2D eigenvalue weighted by Crippen LogP contribution is 2.49. The molecule has 0 spiro atoms. The van der Waals surface area contributed by atoms with E-state index in [4.69, 9.17) is 0 Å². The van der Waals surface area contributed by atoms with Gasteiger partial charge in [0.25, 0.3) is 0 Å². The summed E-state index contributed by atoms with van der Waals surface area (Å²) in [7, 11) is 0. The molecule has 0 atom stereocenters. The molecule has 0 unspecified atom stereocenters. The molecule has 6 aromatic rings. The third kappa shape index (κ3) is 2.21. The van der Waals surface area contributed by atoms with Gasteiger partial charge in [0, 0.05) is 26.6 Å². The monoisotopic (exact) mass is 415 g/mol. The highest BCUT2D eigenvalue weighted by atomic mass is 32.1. The van der Waals surface area contributed by atoms with Crippen LogP contribution in [0.2, 0.25) is 0 Å². The quantitative estimate of drug-likeness (QED) is 0.254. The maximum absolute atomic E-state index is 2.45. The predicted octanol–water partition coefficient (Wildman–Crippen LogP) is 8.30. The van der Waals surface area contributed by atoms with E-state index < -0.39 is 0 Å². The minimum absolute atomic E-state index is 0.00170. The Morgan fingerprint density at radius 2 is 1.48 bits per heavy atom. The zero-order chi connectivity index (χ0) is 20.7. The van der Waals surface area contributed by atoms with Crippen molar-refractivity contribution in [2.75, 3.05) is 0 Å². The second-order valence-electron chi connectivity index (χ2n) is 9.08. The standard InChI is InChI=1S/C29H21NS/c1-29(2)24-9-5-3-7-20(24)21-12-11-19(16-25(21)29)30-26-10-6-4-8-22(26)23-15-18-13-14-31-28(18)17-27(23)30/h3-17H,1-2H3. The molecule has 4 aromatic carbocycles. The molecule has 0 aliphatic heterocycles. The number of aromatic nitrogens is 1. The molecule has 148 valence electrons. The van der Waals surface area contributed by atoms with Gasteiger partial charge in [-0.05, 0) is 69.4 Å². The first-order chi connectivity index (χ1) is 15.1. The number of hydrogen-bond acceptors (Lipinski definition) is 1. The molecule has 0 radical (unpaired) electrons. The summed E-state index contributed by atoms with van der Waals surface area (Å²) < 4.78 is 3.79. The third-order valence-electron chi connectivity index (χ3n) is 7.07. The lowest BCUT2D eigenvalue weighted by Crippen LogP contribution is -2.15. The number of fused-ring (bicyclic) bond motifs is 7. The van der Waals surface area contributed by atoms with Gasteiger partial charge in [-0.2, -0.15) is 0 Å². The Hall–Kier alpha value is -3.36. The number of benzene rings is 4. The van der Waals surface area contributed by atoms with Gasteiger partial charge in [-0.3, -0.25) is 0 Å². The number of para-hydroxylation sites is 1. The molecular weight excluding hydrogens is 394 g/mol. The first kappa shape index (κ1) is 17.3. The molecule has 0 saturated heterocycles. The van der Waals surface area contributed by atoms with Gasteiger partial charge in [0.2, 0.25) is 0 Å². The molecule has 0 saturated carbocycles. The van der Waals surface area contributed by atoms with Crippen molar-refractivity contribution in [2.24, 2.45) is 0 Å². The van der Waals surface area contributed by atoms with Gasteiger partial charge in [-0.15, -0.1) is 11.3 Å². The molecule has 0 bridgehead atoms. The Kier molecular flexibility index (Phi) is 3.28. The van der Waals surface area contributed by atoms with E-state index in [2.05, 4.69) is 109 Å². The Balaban J connectivity index is 1.57. The minimum Gasteiger partial charge on any atom is -0.309 e. The van der Waals surface area contributed by atoms with E-state index in [-0.39, 0.29) is 5.41 Å². The van der Waals surface area contributed by atoms with Gasteiger partial charge in [0.15, 0.2) is 0 Å². The van der Waals surface area contributed by atoms with Gasteiger partial charge in [0.05, 0.1) is 11.0 Å². The van der Waals surface area contributed by atoms with E-state index in [0.717, 1.165) is 0 Å². The average Bonchev–Trinajstić information content (AvgIpc) is 3.44. The van der Waals surface area contributed by atoms with Crippen LogP contribution in [0.25, 0.3) is 48.7 Å². The predicted molar refractivity (Wildman–Crippen MR) is 134 cm³/mol. The molecule has 2 heteroatoms. The molecule has 1 aliphatic carbocycles. The fraction of sp³-hybridized carbons (Fsp3) is 0.103. The number of thiophene rings is 1. The summed E-state index contributed by atoms with van der Waals surface area (Å²) in [6.45, 7) is 4.70. The SMILES string of the molecule is CC1(C)c2ccccc2-c2ccc(-n3c4ccccc4c4cc5ccsc5cc43)cc21. The van der Waals surface area contributed by atoms with Crippen molar-refractivity contribution < 1.29 is 0 Å². The molecule has 1 nitrogen and oxygen atoms in total. The van der Waals surface area contributed by atoms with E-state index in [1.165, 1.54) is 59.8 Å². The summed E-state index contributed by atoms with van der Waals surface area (Å²) in [5, 5.41) is 6.15. The maximum Gasteiger partial charge on any atom is 0.0555 e. The second-order valence-corrected chi connectivity index (χ2v) is 10.0. The van der Waals surface area contributed by atoms with Gasteiger partial charge in [0.1, 0.15) is 0 Å². The van der Waals surface area contributed by atoms with Crippen LogP contribution in [-0.4, -0.2) is 4.57 Å². The van der Waals surface area contributed by atoms with E-state index >= 15 is 0 Å². The Labute approximate surface area is 185 Å². The van der Waals surface area contributed by atoms with Crippen LogP contribution >= 0.6 is 11.3 Å². The average molecular weight is 416 g/mol. The smallest absolute Gasteiger partial charge is 0.0555 e. The lowest BCUT2D eigenvalue weighted by molar-refractivity contribution is 0.660. The summed E-state index contributed by atoms with van der Waals surface area (Å²) in [5.74, 6) is 0. The molecule has 7 rings (SSSR count). The van der Waals surface area contributed by atoms with Crippen LogP contribution in [0.15, 0.2) is 90.3 Å². The fourth-order valence-electron chi connectivity index (χ4n) is 5.54. The molecule has 1 aliphatic rings. The lowest BCUT2D eigenvalue weighted by Gasteiger charge is -2.22. The zero-order valence-corrected chi connectivity index (χ0v) is 18.3. The van der Waals surface area contributed by atoms with E-state index in [0.29, 0.717) is 0 Å². The largest absolute Gasteiger partial charge is 0.309 e. The zero-order valence-electron chi connectivity index (χ0n) is 17.5. The molecular formula is C29H21NS. The normalized spacial score (nSPS) is 14.4. The Bertz CT molecular complexity index is 1660. The van der Waals surface area contributed by atoms with Gasteiger partial charge in [-0.25, -0.2) is 0 Å². The summed E-state index contributed by atoms with van der Waals surface area (Å²) in [4.78, 5) is 0. The lowest BCUT2D eigenvalue weighted by atomic mass is 9.82. The van der Waals surface area contributed by atoms with E-state index in [1.54, 1.807) is 0 Å². The van der Waals surface area contributed by atoms with Crippen molar-refractivity contribution in [2.45, 2.75) is 19.3 Å².